The fraction of sp³-hybridized carbons (Fsp3) is 0.567. The molecule has 2 fully saturated rings. The van der Waals surface area contributed by atoms with Crippen LogP contribution in [0.15, 0.2) is 42.5 Å². The number of cyclic esters (lactones) is 1. The van der Waals surface area contributed by atoms with Gasteiger partial charge in [-0.3, -0.25) is 14.4 Å². The zero-order chi connectivity index (χ0) is 27.4. The van der Waals surface area contributed by atoms with Crippen LogP contribution in [0.5, 0.6) is 0 Å². The van der Waals surface area contributed by atoms with E-state index in [2.05, 4.69) is 0 Å². The van der Waals surface area contributed by atoms with Crippen molar-refractivity contribution < 1.29 is 29.0 Å². The van der Waals surface area contributed by atoms with Gasteiger partial charge in [0, 0.05) is 12.2 Å². The third kappa shape index (κ3) is 3.83. The van der Waals surface area contributed by atoms with Crippen molar-refractivity contribution in [3.05, 3.63) is 53.6 Å². The Morgan fingerprint density at radius 1 is 1.08 bits per heavy atom. The number of anilines is 1. The number of esters is 1. The number of aryl methyl sites for hydroxylation is 2. The van der Waals surface area contributed by atoms with Gasteiger partial charge in [-0.2, -0.15) is 0 Å². The lowest BCUT2D eigenvalue weighted by Gasteiger charge is -2.41. The molecule has 2 saturated heterocycles. The van der Waals surface area contributed by atoms with E-state index < -0.39 is 41.1 Å². The summed E-state index contributed by atoms with van der Waals surface area (Å²) in [6, 6.07) is 4.33. The van der Waals surface area contributed by atoms with Gasteiger partial charge in [0.05, 0.1) is 18.6 Å². The molecule has 0 aliphatic carbocycles. The van der Waals surface area contributed by atoms with E-state index in [1.165, 1.54) is 4.90 Å². The number of nitrogens with zero attached hydrogens (tertiary/aromatic N) is 2. The van der Waals surface area contributed by atoms with Crippen molar-refractivity contribution in [2.45, 2.75) is 70.7 Å². The summed E-state index contributed by atoms with van der Waals surface area (Å²) >= 11 is 0. The first kappa shape index (κ1) is 26.6. The Balaban J connectivity index is 1.71. The highest BCUT2D eigenvalue weighted by molar-refractivity contribution is 6.06. The molecule has 6 atom stereocenters. The lowest BCUT2D eigenvalue weighted by molar-refractivity contribution is -0.159. The standard InChI is InChI=1S/C30H38N2O6/c1-6-29-11-8-14-37-28(36)24(29)23-26(34)32(21(17-33)15-18(2)3)25-27(35)31(13-7-12-30(23,25)38-29)22-16-19(4)9-10-20(22)5/h7-12,16,18,21,23-25,33H,6,13-15,17H2,1-5H3/t21-,23+,24-,25?,29+,30+/m1/s1. The molecule has 5 rings (SSSR count). The number of carbonyl (C=O) groups excluding carboxylic acids is 3. The Morgan fingerprint density at radius 2 is 1.84 bits per heavy atom. The molecule has 0 saturated carbocycles. The maximum atomic E-state index is 14.6. The van der Waals surface area contributed by atoms with E-state index in [4.69, 9.17) is 9.47 Å². The number of fused-ring (bicyclic) bond motifs is 2. The molecule has 1 N–H and O–H groups in total. The molecule has 38 heavy (non-hydrogen) atoms. The third-order valence-electron chi connectivity index (χ3n) is 8.64. The van der Waals surface area contributed by atoms with Gasteiger partial charge in [-0.15, -0.1) is 0 Å². The SMILES string of the molecule is CC[C@]12C=CCOC(=O)[C@H]1[C@H]1C(=O)N([C@@H](CO)CC(C)C)C3C(=O)N(c4cc(C)ccc4C)CC=C[C@@]31O2. The Kier molecular flexibility index (Phi) is 6.76. The van der Waals surface area contributed by atoms with Crippen LogP contribution in [0.4, 0.5) is 5.69 Å². The summed E-state index contributed by atoms with van der Waals surface area (Å²) < 4.78 is 12.4. The largest absolute Gasteiger partial charge is 0.461 e. The normalized spacial score (nSPS) is 33.1. The van der Waals surface area contributed by atoms with Crippen LogP contribution in [0.2, 0.25) is 0 Å². The predicted molar refractivity (Wildman–Crippen MR) is 142 cm³/mol. The van der Waals surface area contributed by atoms with Crippen molar-refractivity contribution in [3.63, 3.8) is 0 Å². The van der Waals surface area contributed by atoms with Gasteiger partial charge in [-0.25, -0.2) is 0 Å². The van der Waals surface area contributed by atoms with Crippen LogP contribution in [-0.2, 0) is 23.9 Å². The maximum Gasteiger partial charge on any atom is 0.313 e. The number of hydrogen-bond donors (Lipinski definition) is 1. The van der Waals surface area contributed by atoms with Crippen molar-refractivity contribution in [2.75, 3.05) is 24.7 Å². The first-order chi connectivity index (χ1) is 18.1. The summed E-state index contributed by atoms with van der Waals surface area (Å²) in [4.78, 5) is 45.7. The number of aliphatic hydroxyl groups excluding tert-OH is 1. The molecule has 8 nitrogen and oxygen atoms in total. The molecule has 1 spiro atoms. The number of carbonyl (C=O) groups is 3. The van der Waals surface area contributed by atoms with Crippen molar-refractivity contribution in [2.24, 2.45) is 17.8 Å². The van der Waals surface area contributed by atoms with E-state index in [1.807, 2.05) is 71.0 Å². The molecule has 2 amide bonds. The van der Waals surface area contributed by atoms with E-state index >= 15 is 0 Å². The van der Waals surface area contributed by atoms with Gasteiger partial charge in [-0.1, -0.05) is 51.1 Å². The average Bonchev–Trinajstić information content (AvgIpc) is 3.16. The molecule has 0 radical (unpaired) electrons. The minimum atomic E-state index is -1.37. The van der Waals surface area contributed by atoms with Gasteiger partial charge in [0.15, 0.2) is 0 Å². The summed E-state index contributed by atoms with van der Waals surface area (Å²) in [6.07, 6.45) is 8.27. The van der Waals surface area contributed by atoms with Gasteiger partial charge in [0.1, 0.15) is 29.8 Å². The lowest BCUT2D eigenvalue weighted by atomic mass is 9.73. The number of hydrogen-bond acceptors (Lipinski definition) is 6. The van der Waals surface area contributed by atoms with Crippen LogP contribution in [0, 0.1) is 31.6 Å². The second-order valence-electron chi connectivity index (χ2n) is 11.5. The van der Waals surface area contributed by atoms with Crippen molar-refractivity contribution >= 4 is 23.5 Å². The molecule has 204 valence electrons. The fourth-order valence-electron chi connectivity index (χ4n) is 6.98. The molecule has 4 aliphatic heterocycles. The van der Waals surface area contributed by atoms with E-state index in [-0.39, 0.29) is 30.9 Å². The van der Waals surface area contributed by atoms with Crippen LogP contribution >= 0.6 is 0 Å². The number of likely N-dealkylation sites (tertiary alicyclic amines) is 1. The van der Waals surface area contributed by atoms with Crippen LogP contribution < -0.4 is 4.90 Å². The first-order valence-corrected chi connectivity index (χ1v) is 13.6. The monoisotopic (exact) mass is 522 g/mol. The topological polar surface area (TPSA) is 96.4 Å². The molecule has 1 aromatic carbocycles. The highest BCUT2D eigenvalue weighted by atomic mass is 16.6. The molecular formula is C30H38N2O6. The van der Waals surface area contributed by atoms with E-state index in [9.17, 15) is 19.5 Å². The van der Waals surface area contributed by atoms with Gasteiger partial charge in [-0.05, 0) is 55.9 Å². The van der Waals surface area contributed by atoms with Crippen LogP contribution in [0.25, 0.3) is 0 Å². The molecule has 1 aromatic rings. The zero-order valence-electron chi connectivity index (χ0n) is 22.8. The Hall–Kier alpha value is -2.97. The Morgan fingerprint density at radius 3 is 2.53 bits per heavy atom. The van der Waals surface area contributed by atoms with Gasteiger partial charge in [0.25, 0.3) is 5.91 Å². The summed E-state index contributed by atoms with van der Waals surface area (Å²) in [5.74, 6) is -2.78. The molecule has 4 heterocycles. The first-order valence-electron chi connectivity index (χ1n) is 13.6. The number of ether oxygens (including phenoxy) is 2. The van der Waals surface area contributed by atoms with Crippen molar-refractivity contribution in [1.29, 1.82) is 0 Å². The smallest absolute Gasteiger partial charge is 0.313 e. The van der Waals surface area contributed by atoms with Crippen LogP contribution in [-0.4, -0.2) is 70.8 Å². The molecule has 0 bridgehead atoms. The lowest BCUT2D eigenvalue weighted by Crippen LogP contribution is -2.59. The summed E-state index contributed by atoms with van der Waals surface area (Å²) in [7, 11) is 0. The zero-order valence-corrected chi connectivity index (χ0v) is 22.8. The minimum absolute atomic E-state index is 0.114. The molecule has 0 aromatic heterocycles. The van der Waals surface area contributed by atoms with Gasteiger partial charge < -0.3 is 24.4 Å². The number of rotatable bonds is 6. The van der Waals surface area contributed by atoms with Crippen molar-refractivity contribution in [1.82, 2.24) is 4.90 Å². The predicted octanol–water partition coefficient (Wildman–Crippen LogP) is 3.09. The summed E-state index contributed by atoms with van der Waals surface area (Å²) in [6.45, 7) is 10.0. The van der Waals surface area contributed by atoms with Gasteiger partial charge >= 0.3 is 5.97 Å². The second-order valence-corrected chi connectivity index (χ2v) is 11.5. The quantitative estimate of drug-likeness (QED) is 0.456. The van der Waals surface area contributed by atoms with E-state index in [0.29, 0.717) is 19.4 Å². The molecule has 4 aliphatic rings. The Labute approximate surface area is 224 Å². The molecule has 1 unspecified atom stereocenters. The number of aliphatic hydroxyl groups is 1. The van der Waals surface area contributed by atoms with E-state index in [1.54, 1.807) is 11.0 Å². The van der Waals surface area contributed by atoms with Crippen molar-refractivity contribution in [3.8, 4) is 0 Å². The second kappa shape index (κ2) is 9.65. The van der Waals surface area contributed by atoms with Crippen LogP contribution in [0.1, 0.15) is 44.7 Å². The fourth-order valence-corrected chi connectivity index (χ4v) is 6.98. The number of amides is 2. The Bertz CT molecular complexity index is 1210. The minimum Gasteiger partial charge on any atom is -0.461 e. The summed E-state index contributed by atoms with van der Waals surface area (Å²) in [5.41, 5.74) is 0.296. The maximum absolute atomic E-state index is 14.6. The molecule has 8 heteroatoms. The molecular weight excluding hydrogens is 484 g/mol. The number of benzene rings is 1. The van der Waals surface area contributed by atoms with Gasteiger partial charge in [0.2, 0.25) is 5.91 Å². The van der Waals surface area contributed by atoms with Crippen LogP contribution in [0.3, 0.4) is 0 Å². The highest BCUT2D eigenvalue weighted by Crippen LogP contribution is 2.59. The van der Waals surface area contributed by atoms with E-state index in [0.717, 1.165) is 16.8 Å². The average molecular weight is 523 g/mol. The summed E-state index contributed by atoms with van der Waals surface area (Å²) in [5, 5.41) is 10.5. The third-order valence-corrected chi connectivity index (χ3v) is 8.64. The highest BCUT2D eigenvalue weighted by Gasteiger charge is 2.76.